The van der Waals surface area contributed by atoms with Crippen molar-refractivity contribution in [2.75, 3.05) is 43.5 Å². The van der Waals surface area contributed by atoms with Crippen LogP contribution in [0.25, 0.3) is 0 Å². The summed E-state index contributed by atoms with van der Waals surface area (Å²) in [6.45, 7) is 3.91. The van der Waals surface area contributed by atoms with Crippen LogP contribution in [0.15, 0.2) is 36.4 Å². The van der Waals surface area contributed by atoms with Gasteiger partial charge in [0.15, 0.2) is 0 Å². The fourth-order valence-corrected chi connectivity index (χ4v) is 4.47. The van der Waals surface area contributed by atoms with Crippen molar-refractivity contribution >= 4 is 69.6 Å². The zero-order valence-corrected chi connectivity index (χ0v) is 20.7. The SMILES string of the molecule is CC(Cl)(Cl)C(C(=O)Nc1ccc(F)c(NC(=O)CN2CCOCC2)c1)c1cc(Cl)cc(Cl)c1. The molecule has 0 aromatic heterocycles. The minimum Gasteiger partial charge on any atom is -0.379 e. The molecule has 11 heteroatoms. The molecule has 2 N–H and O–H groups in total. The molecule has 0 bridgehead atoms. The van der Waals surface area contributed by atoms with Crippen molar-refractivity contribution in [1.29, 1.82) is 0 Å². The first-order chi connectivity index (χ1) is 15.5. The molecule has 1 saturated heterocycles. The van der Waals surface area contributed by atoms with Gasteiger partial charge in [-0.25, -0.2) is 4.39 Å². The third-order valence-corrected chi connectivity index (χ3v) is 5.84. The minimum absolute atomic E-state index is 0.0621. The van der Waals surface area contributed by atoms with Crippen LogP contribution in [0.5, 0.6) is 0 Å². The van der Waals surface area contributed by atoms with E-state index in [1.807, 2.05) is 4.90 Å². The zero-order valence-electron chi connectivity index (χ0n) is 17.6. The molecule has 6 nitrogen and oxygen atoms in total. The van der Waals surface area contributed by atoms with Crippen LogP contribution >= 0.6 is 46.4 Å². The maximum absolute atomic E-state index is 14.3. The summed E-state index contributed by atoms with van der Waals surface area (Å²) in [6.07, 6.45) is 0. The van der Waals surface area contributed by atoms with Gasteiger partial charge >= 0.3 is 0 Å². The van der Waals surface area contributed by atoms with Gasteiger partial charge in [-0.1, -0.05) is 23.2 Å². The lowest BCUT2D eigenvalue weighted by Crippen LogP contribution is -2.41. The highest BCUT2D eigenvalue weighted by Gasteiger charge is 2.37. The number of ether oxygens (including phenoxy) is 1. The van der Waals surface area contributed by atoms with Gasteiger partial charge in [-0.05, 0) is 48.9 Å². The summed E-state index contributed by atoms with van der Waals surface area (Å²) in [6, 6.07) is 8.45. The number of halogens is 5. The van der Waals surface area contributed by atoms with Crippen molar-refractivity contribution in [2.24, 2.45) is 0 Å². The molecule has 178 valence electrons. The molecule has 2 amide bonds. The van der Waals surface area contributed by atoms with E-state index in [0.717, 1.165) is 6.07 Å². The van der Waals surface area contributed by atoms with E-state index in [4.69, 9.17) is 51.1 Å². The highest BCUT2D eigenvalue weighted by Crippen LogP contribution is 2.40. The maximum Gasteiger partial charge on any atom is 0.238 e. The number of hydrogen-bond acceptors (Lipinski definition) is 4. The Kier molecular flexibility index (Phi) is 8.83. The lowest BCUT2D eigenvalue weighted by molar-refractivity contribution is -0.118. The average Bonchev–Trinajstić information content (AvgIpc) is 2.69. The second kappa shape index (κ2) is 11.2. The van der Waals surface area contributed by atoms with Gasteiger partial charge in [-0.2, -0.15) is 0 Å². The number of carbonyl (C=O) groups is 2. The van der Waals surface area contributed by atoms with Crippen LogP contribution in [-0.2, 0) is 14.3 Å². The summed E-state index contributed by atoms with van der Waals surface area (Å²) >= 11 is 24.8. The summed E-state index contributed by atoms with van der Waals surface area (Å²) < 4.78 is 18.1. The minimum atomic E-state index is -1.51. The van der Waals surface area contributed by atoms with E-state index in [0.29, 0.717) is 41.9 Å². The number of anilines is 2. The summed E-state index contributed by atoms with van der Waals surface area (Å²) in [7, 11) is 0. The number of alkyl halides is 2. The van der Waals surface area contributed by atoms with Gasteiger partial charge in [-0.3, -0.25) is 14.5 Å². The van der Waals surface area contributed by atoms with Gasteiger partial charge < -0.3 is 15.4 Å². The van der Waals surface area contributed by atoms with Gasteiger partial charge in [0, 0.05) is 28.8 Å². The predicted molar refractivity (Wildman–Crippen MR) is 130 cm³/mol. The van der Waals surface area contributed by atoms with Crippen LogP contribution in [0, 0.1) is 5.82 Å². The van der Waals surface area contributed by atoms with Crippen molar-refractivity contribution in [3.63, 3.8) is 0 Å². The molecular formula is C22H22Cl4FN3O3. The topological polar surface area (TPSA) is 70.7 Å². The van der Waals surface area contributed by atoms with Crippen LogP contribution in [0.2, 0.25) is 10.0 Å². The fraction of sp³-hybridized carbons (Fsp3) is 0.364. The number of nitrogens with zero attached hydrogens (tertiary/aromatic N) is 1. The molecule has 0 spiro atoms. The third-order valence-electron chi connectivity index (χ3n) is 4.97. The number of amides is 2. The summed E-state index contributed by atoms with van der Waals surface area (Å²) in [5.41, 5.74) is 0.602. The van der Waals surface area contributed by atoms with Crippen molar-refractivity contribution in [3.05, 3.63) is 57.8 Å². The van der Waals surface area contributed by atoms with Gasteiger partial charge in [0.1, 0.15) is 10.2 Å². The number of hydrogen-bond donors (Lipinski definition) is 2. The van der Waals surface area contributed by atoms with E-state index in [-0.39, 0.29) is 23.8 Å². The zero-order chi connectivity index (χ0) is 24.2. The van der Waals surface area contributed by atoms with Gasteiger partial charge in [0.2, 0.25) is 11.8 Å². The average molecular weight is 537 g/mol. The number of rotatable bonds is 7. The smallest absolute Gasteiger partial charge is 0.238 e. The molecule has 1 fully saturated rings. The third kappa shape index (κ3) is 7.44. The lowest BCUT2D eigenvalue weighted by atomic mass is 9.94. The Morgan fingerprint density at radius 3 is 2.33 bits per heavy atom. The van der Waals surface area contributed by atoms with E-state index in [1.54, 1.807) is 12.1 Å². The maximum atomic E-state index is 14.3. The predicted octanol–water partition coefficient (Wildman–Crippen LogP) is 5.32. The van der Waals surface area contributed by atoms with Crippen molar-refractivity contribution in [2.45, 2.75) is 17.2 Å². The number of morpholine rings is 1. The first-order valence-electron chi connectivity index (χ1n) is 10.1. The van der Waals surface area contributed by atoms with Crippen LogP contribution in [-0.4, -0.2) is 53.9 Å². The first-order valence-corrected chi connectivity index (χ1v) is 11.6. The standard InChI is InChI=1S/C22H22Cl4FN3O3/c1-22(25,26)20(13-8-14(23)10-15(24)9-13)21(32)28-16-2-3-17(27)18(11-16)29-19(31)12-30-4-6-33-7-5-30/h2-3,8-11,20H,4-7,12H2,1H3,(H,28,32)(H,29,31). The Balaban J connectivity index is 1.76. The highest BCUT2D eigenvalue weighted by atomic mass is 35.5. The molecule has 33 heavy (non-hydrogen) atoms. The second-order valence-electron chi connectivity index (χ2n) is 7.71. The molecule has 1 aliphatic rings. The molecule has 2 aromatic rings. The number of benzene rings is 2. The Labute approximate surface area is 211 Å². The molecule has 0 radical (unpaired) electrons. The Morgan fingerprint density at radius 2 is 1.73 bits per heavy atom. The van der Waals surface area contributed by atoms with Crippen molar-refractivity contribution < 1.29 is 18.7 Å². The Hall–Kier alpha value is -1.61. The normalized spacial score (nSPS) is 15.7. The molecule has 1 unspecified atom stereocenters. The van der Waals surface area contributed by atoms with Gasteiger partial charge in [-0.15, -0.1) is 23.2 Å². The van der Waals surface area contributed by atoms with Gasteiger partial charge in [0.25, 0.3) is 0 Å². The van der Waals surface area contributed by atoms with Crippen LogP contribution in [0.3, 0.4) is 0 Å². The molecule has 3 rings (SSSR count). The molecular weight excluding hydrogens is 515 g/mol. The summed E-state index contributed by atoms with van der Waals surface area (Å²) in [4.78, 5) is 27.4. The largest absolute Gasteiger partial charge is 0.379 e. The molecule has 0 saturated carbocycles. The number of carbonyl (C=O) groups excluding carboxylic acids is 2. The van der Waals surface area contributed by atoms with Crippen LogP contribution < -0.4 is 10.6 Å². The molecule has 1 aliphatic heterocycles. The van der Waals surface area contributed by atoms with E-state index in [2.05, 4.69) is 10.6 Å². The Bertz CT molecular complexity index is 1010. The molecule has 0 aliphatic carbocycles. The quantitative estimate of drug-likeness (QED) is 0.470. The highest BCUT2D eigenvalue weighted by molar-refractivity contribution is 6.50. The van der Waals surface area contributed by atoms with E-state index in [9.17, 15) is 14.0 Å². The van der Waals surface area contributed by atoms with E-state index >= 15 is 0 Å². The van der Waals surface area contributed by atoms with Crippen LogP contribution in [0.1, 0.15) is 18.4 Å². The first kappa shape index (κ1) is 26.0. The molecule has 1 atom stereocenters. The van der Waals surface area contributed by atoms with Crippen molar-refractivity contribution in [1.82, 2.24) is 4.90 Å². The van der Waals surface area contributed by atoms with Gasteiger partial charge in [0.05, 0.1) is 31.4 Å². The van der Waals surface area contributed by atoms with Crippen LogP contribution in [0.4, 0.5) is 15.8 Å². The number of nitrogens with one attached hydrogen (secondary N) is 2. The fourth-order valence-electron chi connectivity index (χ4n) is 3.48. The van der Waals surface area contributed by atoms with E-state index < -0.39 is 22.0 Å². The van der Waals surface area contributed by atoms with Crippen molar-refractivity contribution in [3.8, 4) is 0 Å². The Morgan fingerprint density at radius 1 is 1.09 bits per heavy atom. The lowest BCUT2D eigenvalue weighted by Gasteiger charge is -2.26. The second-order valence-corrected chi connectivity index (χ2v) is 10.3. The molecule has 2 aromatic carbocycles. The molecule has 1 heterocycles. The summed E-state index contributed by atoms with van der Waals surface area (Å²) in [5, 5.41) is 5.85. The summed E-state index contributed by atoms with van der Waals surface area (Å²) in [5.74, 6) is -2.61. The van der Waals surface area contributed by atoms with E-state index in [1.165, 1.54) is 25.1 Å². The monoisotopic (exact) mass is 535 g/mol.